The van der Waals surface area contributed by atoms with Gasteiger partial charge in [-0.05, 0) is 48.9 Å². The predicted molar refractivity (Wildman–Crippen MR) is 106 cm³/mol. The van der Waals surface area contributed by atoms with Crippen LogP contribution in [0.4, 0.5) is 15.8 Å². The second kappa shape index (κ2) is 7.77. The lowest BCUT2D eigenvalue weighted by molar-refractivity contribution is 0.101. The second-order valence-electron chi connectivity index (χ2n) is 6.70. The summed E-state index contributed by atoms with van der Waals surface area (Å²) in [5, 5.41) is 13.9. The van der Waals surface area contributed by atoms with Crippen LogP contribution in [0.2, 0.25) is 0 Å². The number of nitrogens with zero attached hydrogens (tertiary/aromatic N) is 4. The number of benzene rings is 2. The molecule has 0 unspecified atom stereocenters. The molecule has 8 heteroatoms. The lowest BCUT2D eigenvalue weighted by atomic mass is 10.1. The number of aryl methyl sites for hydroxylation is 1. The highest BCUT2D eigenvalue weighted by Crippen LogP contribution is 2.24. The molecule has 0 atom stereocenters. The molecule has 2 N–H and O–H groups in total. The van der Waals surface area contributed by atoms with E-state index in [1.54, 1.807) is 12.1 Å². The molecule has 1 saturated heterocycles. The normalized spacial score (nSPS) is 14.1. The minimum Gasteiger partial charge on any atom is -0.369 e. The van der Waals surface area contributed by atoms with Gasteiger partial charge in [-0.15, -0.1) is 5.10 Å². The number of amides is 1. The monoisotopic (exact) mass is 380 g/mol. The summed E-state index contributed by atoms with van der Waals surface area (Å²) < 4.78 is 14.8. The van der Waals surface area contributed by atoms with Crippen LogP contribution in [0.15, 0.2) is 48.7 Å². The summed E-state index contributed by atoms with van der Waals surface area (Å²) >= 11 is 0. The minimum atomic E-state index is -0.404. The van der Waals surface area contributed by atoms with E-state index in [-0.39, 0.29) is 11.6 Å². The Morgan fingerprint density at radius 3 is 2.75 bits per heavy atom. The van der Waals surface area contributed by atoms with Crippen molar-refractivity contribution in [1.29, 1.82) is 0 Å². The van der Waals surface area contributed by atoms with Gasteiger partial charge in [-0.2, -0.15) is 0 Å². The van der Waals surface area contributed by atoms with Crippen LogP contribution < -0.4 is 15.5 Å². The summed E-state index contributed by atoms with van der Waals surface area (Å²) in [6.07, 6.45) is 1.36. The van der Waals surface area contributed by atoms with E-state index in [0.29, 0.717) is 11.4 Å². The highest BCUT2D eigenvalue weighted by atomic mass is 19.1. The van der Waals surface area contributed by atoms with Gasteiger partial charge in [0.2, 0.25) is 0 Å². The molecule has 0 spiro atoms. The van der Waals surface area contributed by atoms with E-state index >= 15 is 0 Å². The van der Waals surface area contributed by atoms with Crippen LogP contribution in [0, 0.1) is 12.7 Å². The molecule has 1 amide bonds. The molecule has 28 heavy (non-hydrogen) atoms. The summed E-state index contributed by atoms with van der Waals surface area (Å²) in [5.74, 6) is -0.762. The Morgan fingerprint density at radius 1 is 1.18 bits per heavy atom. The number of hydrogen-bond acceptors (Lipinski definition) is 5. The van der Waals surface area contributed by atoms with Crippen LogP contribution in [0.3, 0.4) is 0 Å². The standard InChI is InChI=1S/C20H21FN6O/c1-14-11-16(5-6-18(14)26-9-7-22-8-10-26)24-20(28)19-13-23-25-27(19)17-4-2-3-15(21)12-17/h2-6,11-13,22H,7-10H2,1H3,(H,24,28). The van der Waals surface area contributed by atoms with Crippen molar-refractivity contribution in [3.8, 4) is 5.69 Å². The van der Waals surface area contributed by atoms with Crippen LogP contribution in [0.5, 0.6) is 0 Å². The fraction of sp³-hybridized carbons (Fsp3) is 0.250. The van der Waals surface area contributed by atoms with Gasteiger partial charge >= 0.3 is 0 Å². The summed E-state index contributed by atoms with van der Waals surface area (Å²) in [5.41, 5.74) is 3.62. The molecule has 0 saturated carbocycles. The minimum absolute atomic E-state index is 0.231. The largest absolute Gasteiger partial charge is 0.369 e. The Labute approximate surface area is 162 Å². The van der Waals surface area contributed by atoms with Crippen LogP contribution in [-0.2, 0) is 0 Å². The summed E-state index contributed by atoms with van der Waals surface area (Å²) in [6.45, 7) is 5.89. The third kappa shape index (κ3) is 3.72. The average Bonchev–Trinajstić information content (AvgIpc) is 3.19. The molecule has 2 aromatic carbocycles. The van der Waals surface area contributed by atoms with Crippen LogP contribution in [0.1, 0.15) is 16.1 Å². The number of carbonyl (C=O) groups is 1. The Kier molecular flexibility index (Phi) is 5.03. The number of hydrogen-bond donors (Lipinski definition) is 2. The molecule has 144 valence electrons. The zero-order valence-corrected chi connectivity index (χ0v) is 15.5. The smallest absolute Gasteiger partial charge is 0.276 e. The highest BCUT2D eigenvalue weighted by Gasteiger charge is 2.17. The molecule has 3 aromatic rings. The number of anilines is 2. The van der Waals surface area contributed by atoms with E-state index in [1.165, 1.54) is 28.7 Å². The first-order chi connectivity index (χ1) is 13.6. The van der Waals surface area contributed by atoms with Crippen molar-refractivity contribution in [1.82, 2.24) is 20.3 Å². The van der Waals surface area contributed by atoms with Gasteiger partial charge < -0.3 is 15.5 Å². The number of aromatic nitrogens is 3. The Balaban J connectivity index is 1.53. The number of rotatable bonds is 4. The van der Waals surface area contributed by atoms with Crippen molar-refractivity contribution in [2.75, 3.05) is 36.4 Å². The van der Waals surface area contributed by atoms with Gasteiger partial charge in [0.05, 0.1) is 11.9 Å². The first-order valence-corrected chi connectivity index (χ1v) is 9.16. The van der Waals surface area contributed by atoms with Crippen molar-refractivity contribution in [2.45, 2.75) is 6.92 Å². The van der Waals surface area contributed by atoms with Gasteiger partial charge in [0, 0.05) is 37.6 Å². The van der Waals surface area contributed by atoms with Gasteiger partial charge in [0.1, 0.15) is 5.82 Å². The molecular weight excluding hydrogens is 359 g/mol. The third-order valence-electron chi connectivity index (χ3n) is 4.75. The predicted octanol–water partition coefficient (Wildman–Crippen LogP) is 2.38. The molecule has 1 fully saturated rings. The SMILES string of the molecule is Cc1cc(NC(=O)c2cnnn2-c2cccc(F)c2)ccc1N1CCNCC1. The maximum absolute atomic E-state index is 13.5. The van der Waals surface area contributed by atoms with Crippen LogP contribution in [-0.4, -0.2) is 47.1 Å². The highest BCUT2D eigenvalue weighted by molar-refractivity contribution is 6.03. The van der Waals surface area contributed by atoms with E-state index in [2.05, 4.69) is 25.8 Å². The van der Waals surface area contributed by atoms with E-state index in [0.717, 1.165) is 31.7 Å². The second-order valence-corrected chi connectivity index (χ2v) is 6.70. The van der Waals surface area contributed by atoms with Gasteiger partial charge in [0.15, 0.2) is 5.69 Å². The Hall–Kier alpha value is -3.26. The Morgan fingerprint density at radius 2 is 2.00 bits per heavy atom. The number of nitrogens with one attached hydrogen (secondary N) is 2. The molecule has 1 aromatic heterocycles. The lowest BCUT2D eigenvalue weighted by Gasteiger charge is -2.30. The molecule has 7 nitrogen and oxygen atoms in total. The van der Waals surface area contributed by atoms with Crippen molar-refractivity contribution in [3.63, 3.8) is 0 Å². The first-order valence-electron chi connectivity index (χ1n) is 9.16. The zero-order chi connectivity index (χ0) is 19.5. The summed E-state index contributed by atoms with van der Waals surface area (Å²) in [4.78, 5) is 15.1. The fourth-order valence-corrected chi connectivity index (χ4v) is 3.38. The Bertz CT molecular complexity index is 996. The topological polar surface area (TPSA) is 75.1 Å². The molecule has 0 aliphatic carbocycles. The van der Waals surface area contributed by atoms with Gasteiger partial charge in [0.25, 0.3) is 5.91 Å². The summed E-state index contributed by atoms with van der Waals surface area (Å²) in [7, 11) is 0. The lowest BCUT2D eigenvalue weighted by Crippen LogP contribution is -2.43. The van der Waals surface area contributed by atoms with Crippen LogP contribution in [0.25, 0.3) is 5.69 Å². The van der Waals surface area contributed by atoms with Gasteiger partial charge in [-0.3, -0.25) is 4.79 Å². The third-order valence-corrected chi connectivity index (χ3v) is 4.75. The maximum Gasteiger partial charge on any atom is 0.276 e. The van der Waals surface area contributed by atoms with E-state index in [4.69, 9.17) is 0 Å². The van der Waals surface area contributed by atoms with Crippen molar-refractivity contribution in [2.24, 2.45) is 0 Å². The molecule has 0 bridgehead atoms. The van der Waals surface area contributed by atoms with E-state index in [1.807, 2.05) is 25.1 Å². The maximum atomic E-state index is 13.5. The van der Waals surface area contributed by atoms with Crippen molar-refractivity contribution < 1.29 is 9.18 Å². The van der Waals surface area contributed by atoms with E-state index in [9.17, 15) is 9.18 Å². The molecule has 2 heterocycles. The quantitative estimate of drug-likeness (QED) is 0.727. The number of carbonyl (C=O) groups excluding carboxylic acids is 1. The molecule has 0 radical (unpaired) electrons. The zero-order valence-electron chi connectivity index (χ0n) is 15.5. The fourth-order valence-electron chi connectivity index (χ4n) is 3.38. The molecule has 4 rings (SSSR count). The van der Waals surface area contributed by atoms with Crippen molar-refractivity contribution in [3.05, 3.63) is 65.7 Å². The van der Waals surface area contributed by atoms with Crippen LogP contribution >= 0.6 is 0 Å². The van der Waals surface area contributed by atoms with Gasteiger partial charge in [-0.25, -0.2) is 9.07 Å². The molecular formula is C20H21FN6O. The molecule has 1 aliphatic rings. The number of piperazine rings is 1. The molecule has 1 aliphatic heterocycles. The van der Waals surface area contributed by atoms with Crippen molar-refractivity contribution >= 4 is 17.3 Å². The average molecular weight is 380 g/mol. The number of halogens is 1. The summed E-state index contributed by atoms with van der Waals surface area (Å²) in [6, 6.07) is 11.7. The van der Waals surface area contributed by atoms with E-state index < -0.39 is 5.82 Å². The first kappa shape index (κ1) is 18.1. The van der Waals surface area contributed by atoms with Gasteiger partial charge in [-0.1, -0.05) is 11.3 Å².